The second-order valence-electron chi connectivity index (χ2n) is 6.78. The molecule has 1 heterocycles. The Morgan fingerprint density at radius 1 is 1.38 bits per heavy atom. The maximum atomic E-state index is 12.1. The number of carbonyl (C=O) groups is 2. The van der Waals surface area contributed by atoms with Gasteiger partial charge in [0.25, 0.3) is 0 Å². The van der Waals surface area contributed by atoms with E-state index in [1.54, 1.807) is 0 Å². The highest BCUT2D eigenvalue weighted by Crippen LogP contribution is 2.29. The highest BCUT2D eigenvalue weighted by Gasteiger charge is 2.38. The molecule has 0 aromatic heterocycles. The van der Waals surface area contributed by atoms with Crippen molar-refractivity contribution in [3.63, 3.8) is 0 Å². The average Bonchev–Trinajstić information content (AvgIpc) is 3.07. The van der Waals surface area contributed by atoms with Crippen molar-refractivity contribution in [3.05, 3.63) is 0 Å². The van der Waals surface area contributed by atoms with Gasteiger partial charge in [0.2, 0.25) is 11.8 Å². The number of nitrogens with zero attached hydrogens (tertiary/aromatic N) is 1. The fourth-order valence-corrected chi connectivity index (χ4v) is 3.30. The molecule has 2 aliphatic rings. The predicted octanol–water partition coefficient (Wildman–Crippen LogP) is 1.30. The van der Waals surface area contributed by atoms with E-state index in [2.05, 4.69) is 5.32 Å². The molecule has 120 valence electrons. The lowest BCUT2D eigenvalue weighted by molar-refractivity contribution is -0.130. The second-order valence-corrected chi connectivity index (χ2v) is 6.78. The normalized spacial score (nSPS) is 24.9. The molecule has 2 atom stereocenters. The van der Waals surface area contributed by atoms with Crippen molar-refractivity contribution >= 4 is 11.8 Å². The molecule has 0 radical (unpaired) electrons. The van der Waals surface area contributed by atoms with E-state index in [1.165, 1.54) is 12.8 Å². The first-order chi connectivity index (χ1) is 9.99. The van der Waals surface area contributed by atoms with Crippen molar-refractivity contribution in [3.8, 4) is 0 Å². The van der Waals surface area contributed by atoms with E-state index in [0.717, 1.165) is 12.8 Å². The van der Waals surface area contributed by atoms with Gasteiger partial charge in [0.15, 0.2) is 0 Å². The van der Waals surface area contributed by atoms with Crippen LogP contribution in [-0.2, 0) is 9.59 Å². The molecular weight excluding hydrogens is 268 g/mol. The number of nitrogens with one attached hydrogen (secondary N) is 1. The van der Waals surface area contributed by atoms with Crippen LogP contribution in [0.1, 0.15) is 52.4 Å². The molecule has 0 bridgehead atoms. The standard InChI is InChI=1S/C16H28N2O3/c1-11(2)14(19)7-8-17-16(21)12-9-15(20)18(10-12)13-5-3-4-6-13/h11-14,19H,3-10H2,1-2H3,(H,17,21). The highest BCUT2D eigenvalue weighted by molar-refractivity contribution is 5.89. The van der Waals surface area contributed by atoms with E-state index >= 15 is 0 Å². The lowest BCUT2D eigenvalue weighted by Gasteiger charge is -2.24. The van der Waals surface area contributed by atoms with Crippen molar-refractivity contribution in [2.24, 2.45) is 11.8 Å². The molecule has 0 aromatic carbocycles. The minimum Gasteiger partial charge on any atom is -0.393 e. The number of carbonyl (C=O) groups excluding carboxylic acids is 2. The molecule has 2 unspecified atom stereocenters. The van der Waals surface area contributed by atoms with Crippen LogP contribution in [0, 0.1) is 11.8 Å². The first-order valence-electron chi connectivity index (χ1n) is 8.24. The van der Waals surface area contributed by atoms with Gasteiger partial charge in [-0.3, -0.25) is 9.59 Å². The zero-order chi connectivity index (χ0) is 15.4. The Morgan fingerprint density at radius 3 is 2.67 bits per heavy atom. The van der Waals surface area contributed by atoms with Gasteiger partial charge in [-0.1, -0.05) is 26.7 Å². The first-order valence-corrected chi connectivity index (χ1v) is 8.24. The summed E-state index contributed by atoms with van der Waals surface area (Å²) < 4.78 is 0. The van der Waals surface area contributed by atoms with Crippen molar-refractivity contribution < 1.29 is 14.7 Å². The van der Waals surface area contributed by atoms with Crippen LogP contribution in [0.5, 0.6) is 0 Å². The number of hydrogen-bond acceptors (Lipinski definition) is 3. The minimum absolute atomic E-state index is 0.0418. The SMILES string of the molecule is CC(C)C(O)CCNC(=O)C1CC(=O)N(C2CCCC2)C1. The monoisotopic (exact) mass is 296 g/mol. The van der Waals surface area contributed by atoms with Crippen LogP contribution in [-0.4, -0.2) is 47.1 Å². The lowest BCUT2D eigenvalue weighted by Crippen LogP contribution is -2.37. The van der Waals surface area contributed by atoms with Gasteiger partial charge < -0.3 is 15.3 Å². The quantitative estimate of drug-likeness (QED) is 0.776. The summed E-state index contributed by atoms with van der Waals surface area (Å²) in [6.45, 7) is 4.97. The van der Waals surface area contributed by atoms with Crippen LogP contribution >= 0.6 is 0 Å². The molecule has 5 heteroatoms. The van der Waals surface area contributed by atoms with E-state index in [9.17, 15) is 14.7 Å². The highest BCUT2D eigenvalue weighted by atomic mass is 16.3. The van der Waals surface area contributed by atoms with Crippen LogP contribution in [0.2, 0.25) is 0 Å². The summed E-state index contributed by atoms with van der Waals surface area (Å²) >= 11 is 0. The van der Waals surface area contributed by atoms with E-state index in [1.807, 2.05) is 18.7 Å². The van der Waals surface area contributed by atoms with Crippen molar-refractivity contribution in [1.29, 1.82) is 0 Å². The molecule has 1 aliphatic carbocycles. The summed E-state index contributed by atoms with van der Waals surface area (Å²) in [6.07, 6.45) is 5.08. The third-order valence-electron chi connectivity index (χ3n) is 4.80. The summed E-state index contributed by atoms with van der Waals surface area (Å²) in [7, 11) is 0. The fraction of sp³-hybridized carbons (Fsp3) is 0.875. The van der Waals surface area contributed by atoms with Crippen LogP contribution in [0.3, 0.4) is 0 Å². The van der Waals surface area contributed by atoms with E-state index in [4.69, 9.17) is 0 Å². The average molecular weight is 296 g/mol. The topological polar surface area (TPSA) is 69.6 Å². The number of hydrogen-bond donors (Lipinski definition) is 2. The smallest absolute Gasteiger partial charge is 0.225 e. The third kappa shape index (κ3) is 4.19. The zero-order valence-corrected chi connectivity index (χ0v) is 13.2. The van der Waals surface area contributed by atoms with Crippen molar-refractivity contribution in [2.75, 3.05) is 13.1 Å². The fourth-order valence-electron chi connectivity index (χ4n) is 3.30. The van der Waals surface area contributed by atoms with Crippen LogP contribution in [0.15, 0.2) is 0 Å². The molecule has 21 heavy (non-hydrogen) atoms. The van der Waals surface area contributed by atoms with Crippen LogP contribution < -0.4 is 5.32 Å². The molecule has 5 nitrogen and oxygen atoms in total. The van der Waals surface area contributed by atoms with Gasteiger partial charge in [-0.25, -0.2) is 0 Å². The Balaban J connectivity index is 1.75. The van der Waals surface area contributed by atoms with Gasteiger partial charge in [0.1, 0.15) is 0 Å². The maximum absolute atomic E-state index is 12.1. The molecule has 0 spiro atoms. The molecule has 2 rings (SSSR count). The number of aliphatic hydroxyl groups excluding tert-OH is 1. The summed E-state index contributed by atoms with van der Waals surface area (Å²) in [4.78, 5) is 26.1. The van der Waals surface area contributed by atoms with Crippen molar-refractivity contribution in [2.45, 2.75) is 64.5 Å². The van der Waals surface area contributed by atoms with Crippen molar-refractivity contribution in [1.82, 2.24) is 10.2 Å². The van der Waals surface area contributed by atoms with Gasteiger partial charge >= 0.3 is 0 Å². The van der Waals surface area contributed by atoms with Gasteiger partial charge in [0, 0.05) is 25.6 Å². The molecule has 1 saturated heterocycles. The molecule has 1 aliphatic heterocycles. The van der Waals surface area contributed by atoms with Gasteiger partial charge in [-0.05, 0) is 25.2 Å². The number of likely N-dealkylation sites (tertiary alicyclic amines) is 1. The third-order valence-corrected chi connectivity index (χ3v) is 4.80. The molecule has 2 amide bonds. The number of aliphatic hydroxyl groups is 1. The summed E-state index contributed by atoms with van der Waals surface area (Å²) in [5.41, 5.74) is 0. The van der Waals surface area contributed by atoms with E-state index < -0.39 is 0 Å². The Labute approximate surface area is 127 Å². The largest absolute Gasteiger partial charge is 0.393 e. The van der Waals surface area contributed by atoms with E-state index in [0.29, 0.717) is 32.0 Å². The van der Waals surface area contributed by atoms with E-state index in [-0.39, 0.29) is 29.8 Å². The van der Waals surface area contributed by atoms with Crippen LogP contribution in [0.4, 0.5) is 0 Å². The summed E-state index contributed by atoms with van der Waals surface area (Å²) in [5, 5.41) is 12.6. The molecular formula is C16H28N2O3. The minimum atomic E-state index is -0.384. The molecule has 0 aromatic rings. The second kappa shape index (κ2) is 7.25. The Kier molecular flexibility index (Phi) is 5.62. The molecule has 2 N–H and O–H groups in total. The van der Waals surface area contributed by atoms with Gasteiger partial charge in [0.05, 0.1) is 12.0 Å². The predicted molar refractivity (Wildman–Crippen MR) is 80.5 cm³/mol. The maximum Gasteiger partial charge on any atom is 0.225 e. The summed E-state index contributed by atoms with van der Waals surface area (Å²) in [5.74, 6) is 0.0752. The Hall–Kier alpha value is -1.10. The number of amides is 2. The molecule has 2 fully saturated rings. The zero-order valence-electron chi connectivity index (χ0n) is 13.2. The van der Waals surface area contributed by atoms with Crippen LogP contribution in [0.25, 0.3) is 0 Å². The summed E-state index contributed by atoms with van der Waals surface area (Å²) in [6, 6.07) is 0.359. The Morgan fingerprint density at radius 2 is 2.05 bits per heavy atom. The van der Waals surface area contributed by atoms with Gasteiger partial charge in [-0.15, -0.1) is 0 Å². The molecule has 1 saturated carbocycles. The first kappa shape index (κ1) is 16.3. The Bertz CT molecular complexity index is 378. The lowest BCUT2D eigenvalue weighted by atomic mass is 10.0. The number of rotatable bonds is 6. The van der Waals surface area contributed by atoms with Gasteiger partial charge in [-0.2, -0.15) is 0 Å².